The van der Waals surface area contributed by atoms with Crippen molar-refractivity contribution in [2.24, 2.45) is 5.73 Å². The number of benzene rings is 1. The molecule has 2 aromatic rings. The molecule has 0 aliphatic carbocycles. The van der Waals surface area contributed by atoms with Gasteiger partial charge in [-0.05, 0) is 5.56 Å². The van der Waals surface area contributed by atoms with E-state index in [0.29, 0.717) is 12.4 Å². The molecule has 0 spiro atoms. The van der Waals surface area contributed by atoms with Gasteiger partial charge < -0.3 is 16.8 Å². The Kier molecular flexibility index (Phi) is 3.38. The Labute approximate surface area is 104 Å². The highest BCUT2D eigenvalue weighted by atomic mass is 16.1. The molecule has 18 heavy (non-hydrogen) atoms. The van der Waals surface area contributed by atoms with Crippen molar-refractivity contribution in [3.63, 3.8) is 0 Å². The van der Waals surface area contributed by atoms with Crippen LogP contribution in [0.3, 0.4) is 0 Å². The summed E-state index contributed by atoms with van der Waals surface area (Å²) in [5.74, 6) is -0.153. The topological polar surface area (TPSA) is 107 Å². The fourth-order valence-electron chi connectivity index (χ4n) is 1.49. The van der Waals surface area contributed by atoms with Crippen molar-refractivity contribution in [2.45, 2.75) is 6.54 Å². The summed E-state index contributed by atoms with van der Waals surface area (Å²) in [6.07, 6.45) is 1.32. The Morgan fingerprint density at radius 3 is 2.67 bits per heavy atom. The van der Waals surface area contributed by atoms with E-state index in [4.69, 9.17) is 11.5 Å². The van der Waals surface area contributed by atoms with E-state index in [0.717, 1.165) is 5.56 Å². The number of nitrogen functional groups attached to an aromatic ring is 1. The summed E-state index contributed by atoms with van der Waals surface area (Å²) in [6.45, 7) is 0.525. The van der Waals surface area contributed by atoms with E-state index < -0.39 is 5.91 Å². The Hall–Kier alpha value is -2.63. The Morgan fingerprint density at radius 2 is 2.00 bits per heavy atom. The number of hydrogen-bond acceptors (Lipinski definition) is 5. The molecule has 0 atom stereocenters. The van der Waals surface area contributed by atoms with Crippen molar-refractivity contribution in [3.05, 3.63) is 47.7 Å². The fraction of sp³-hybridized carbons (Fsp3) is 0.0833. The van der Waals surface area contributed by atoms with Crippen molar-refractivity contribution in [1.29, 1.82) is 0 Å². The van der Waals surface area contributed by atoms with E-state index in [1.165, 1.54) is 6.20 Å². The van der Waals surface area contributed by atoms with Gasteiger partial charge in [-0.25, -0.2) is 4.98 Å². The van der Waals surface area contributed by atoms with Gasteiger partial charge in [-0.3, -0.25) is 4.79 Å². The second-order valence-corrected chi connectivity index (χ2v) is 3.69. The van der Waals surface area contributed by atoms with Crippen LogP contribution in [0, 0.1) is 0 Å². The first-order valence-corrected chi connectivity index (χ1v) is 5.37. The first-order chi connectivity index (χ1) is 8.66. The number of anilines is 2. The number of carbonyl (C=O) groups excluding carboxylic acids is 1. The van der Waals surface area contributed by atoms with Gasteiger partial charge in [0.15, 0.2) is 0 Å². The normalized spacial score (nSPS) is 10.0. The Morgan fingerprint density at radius 1 is 1.28 bits per heavy atom. The van der Waals surface area contributed by atoms with E-state index in [1.54, 1.807) is 0 Å². The molecule has 0 bridgehead atoms. The smallest absolute Gasteiger partial charge is 0.254 e. The van der Waals surface area contributed by atoms with Gasteiger partial charge in [0.25, 0.3) is 5.91 Å². The number of nitrogens with one attached hydrogen (secondary N) is 1. The molecule has 6 heteroatoms. The van der Waals surface area contributed by atoms with Gasteiger partial charge in [-0.1, -0.05) is 30.3 Å². The van der Waals surface area contributed by atoms with E-state index in [-0.39, 0.29) is 11.5 Å². The Balaban J connectivity index is 2.18. The summed E-state index contributed by atoms with van der Waals surface area (Å²) in [5, 5.41) is 3.02. The van der Waals surface area contributed by atoms with Gasteiger partial charge in [-0.15, -0.1) is 0 Å². The predicted molar refractivity (Wildman–Crippen MR) is 68.7 cm³/mol. The monoisotopic (exact) mass is 243 g/mol. The second kappa shape index (κ2) is 5.13. The zero-order valence-electron chi connectivity index (χ0n) is 9.63. The first-order valence-electron chi connectivity index (χ1n) is 5.37. The first kappa shape index (κ1) is 11.8. The average Bonchev–Trinajstić information content (AvgIpc) is 2.37. The fourth-order valence-corrected chi connectivity index (χ4v) is 1.49. The van der Waals surface area contributed by atoms with Crippen LogP contribution in [0.25, 0.3) is 0 Å². The van der Waals surface area contributed by atoms with Gasteiger partial charge in [0, 0.05) is 12.7 Å². The van der Waals surface area contributed by atoms with E-state index in [9.17, 15) is 4.79 Å². The van der Waals surface area contributed by atoms with Crippen LogP contribution < -0.4 is 16.8 Å². The summed E-state index contributed by atoms with van der Waals surface area (Å²) in [6, 6.07) is 9.71. The van der Waals surface area contributed by atoms with Crippen LogP contribution >= 0.6 is 0 Å². The minimum atomic E-state index is -0.592. The van der Waals surface area contributed by atoms with Crippen molar-refractivity contribution < 1.29 is 4.79 Å². The maximum Gasteiger partial charge on any atom is 0.254 e. The predicted octanol–water partition coefficient (Wildman–Crippen LogP) is 0.770. The highest BCUT2D eigenvalue weighted by molar-refractivity contribution is 5.97. The summed E-state index contributed by atoms with van der Waals surface area (Å²) in [4.78, 5) is 18.9. The maximum atomic E-state index is 11.2. The zero-order valence-corrected chi connectivity index (χ0v) is 9.63. The molecule has 1 aromatic heterocycles. The molecule has 6 nitrogen and oxygen atoms in total. The lowest BCUT2D eigenvalue weighted by Crippen LogP contribution is -2.17. The highest BCUT2D eigenvalue weighted by Gasteiger charge is 2.10. The summed E-state index contributed by atoms with van der Waals surface area (Å²) >= 11 is 0. The van der Waals surface area contributed by atoms with Gasteiger partial charge in [-0.2, -0.15) is 4.98 Å². The number of nitrogens with two attached hydrogens (primary N) is 2. The number of aromatic nitrogens is 2. The van der Waals surface area contributed by atoms with Gasteiger partial charge in [0.1, 0.15) is 5.82 Å². The zero-order chi connectivity index (χ0) is 13.0. The molecule has 0 aliphatic rings. The van der Waals surface area contributed by atoms with Gasteiger partial charge >= 0.3 is 0 Å². The standard InChI is InChI=1S/C12H13N5O/c13-10(18)9-7-16-12(14)17-11(9)15-6-8-4-2-1-3-5-8/h1-5,7H,6H2,(H2,13,18)(H3,14,15,16,17). The highest BCUT2D eigenvalue weighted by Crippen LogP contribution is 2.13. The lowest BCUT2D eigenvalue weighted by molar-refractivity contribution is 0.100. The third-order valence-corrected chi connectivity index (χ3v) is 2.38. The molecular formula is C12H13N5O. The molecule has 1 aromatic carbocycles. The van der Waals surface area contributed by atoms with Gasteiger partial charge in [0.2, 0.25) is 5.95 Å². The van der Waals surface area contributed by atoms with E-state index in [1.807, 2.05) is 30.3 Å². The molecule has 0 saturated heterocycles. The van der Waals surface area contributed by atoms with Crippen molar-refractivity contribution >= 4 is 17.7 Å². The molecule has 0 radical (unpaired) electrons. The number of nitrogens with zero attached hydrogens (tertiary/aromatic N) is 2. The Bertz CT molecular complexity index is 556. The van der Waals surface area contributed by atoms with E-state index in [2.05, 4.69) is 15.3 Å². The molecule has 1 amide bonds. The van der Waals surface area contributed by atoms with Crippen LogP contribution in [0.2, 0.25) is 0 Å². The van der Waals surface area contributed by atoms with Crippen LogP contribution in [-0.4, -0.2) is 15.9 Å². The second-order valence-electron chi connectivity index (χ2n) is 3.69. The van der Waals surface area contributed by atoms with Crippen LogP contribution in [0.4, 0.5) is 11.8 Å². The largest absolute Gasteiger partial charge is 0.368 e. The lowest BCUT2D eigenvalue weighted by atomic mass is 10.2. The van der Waals surface area contributed by atoms with Crippen LogP contribution in [0.5, 0.6) is 0 Å². The van der Waals surface area contributed by atoms with Crippen LogP contribution in [0.1, 0.15) is 15.9 Å². The summed E-state index contributed by atoms with van der Waals surface area (Å²) in [5.41, 5.74) is 12.0. The van der Waals surface area contributed by atoms with Crippen LogP contribution in [-0.2, 0) is 6.54 Å². The van der Waals surface area contributed by atoms with Crippen LogP contribution in [0.15, 0.2) is 36.5 Å². The molecule has 5 N–H and O–H groups in total. The van der Waals surface area contributed by atoms with Crippen molar-refractivity contribution in [1.82, 2.24) is 9.97 Å². The minimum Gasteiger partial charge on any atom is -0.368 e. The quantitative estimate of drug-likeness (QED) is 0.735. The molecule has 0 unspecified atom stereocenters. The maximum absolute atomic E-state index is 11.2. The molecule has 0 fully saturated rings. The number of carbonyl (C=O) groups is 1. The SMILES string of the molecule is NC(=O)c1cnc(N)nc1NCc1ccccc1. The summed E-state index contributed by atoms with van der Waals surface area (Å²) < 4.78 is 0. The minimum absolute atomic E-state index is 0.0931. The van der Waals surface area contributed by atoms with Gasteiger partial charge in [0.05, 0.1) is 5.56 Å². The molecule has 1 heterocycles. The number of amides is 1. The number of rotatable bonds is 4. The van der Waals surface area contributed by atoms with E-state index >= 15 is 0 Å². The average molecular weight is 243 g/mol. The summed E-state index contributed by atoms with van der Waals surface area (Å²) in [7, 11) is 0. The number of primary amides is 1. The molecule has 0 aliphatic heterocycles. The number of hydrogen-bond donors (Lipinski definition) is 3. The molecule has 92 valence electrons. The molecule has 2 rings (SSSR count). The third-order valence-electron chi connectivity index (χ3n) is 2.38. The third kappa shape index (κ3) is 2.73. The molecular weight excluding hydrogens is 230 g/mol. The van der Waals surface area contributed by atoms with Crippen molar-refractivity contribution in [2.75, 3.05) is 11.1 Å². The lowest BCUT2D eigenvalue weighted by Gasteiger charge is -2.09. The van der Waals surface area contributed by atoms with Crippen molar-refractivity contribution in [3.8, 4) is 0 Å². The molecule has 0 saturated carbocycles.